The lowest BCUT2D eigenvalue weighted by Crippen LogP contribution is -2.77. The molecule has 2 heterocycles. The van der Waals surface area contributed by atoms with Gasteiger partial charge in [0.1, 0.15) is 5.60 Å². The predicted octanol–water partition coefficient (Wildman–Crippen LogP) is -1.16. The van der Waals surface area contributed by atoms with Crippen molar-refractivity contribution in [3.8, 4) is 0 Å². The standard InChI is InChI=1S/C8H12O6S/c1-15(10,11)13-4-7-3-8(9)6(7)5(14-8)2-12-7/h5-6,9H,2-4H2,1H3/t5-,6?,7-,8?/m1/s1/i2T/t2-,5+,6?,7+,8?/m0. The van der Waals surface area contributed by atoms with E-state index in [0.29, 0.717) is 0 Å². The first kappa shape index (κ1) is 8.89. The third-order valence-electron chi connectivity index (χ3n) is 3.23. The summed E-state index contributed by atoms with van der Waals surface area (Å²) in [5.74, 6) is -1.58. The Morgan fingerprint density at radius 1 is 1.73 bits per heavy atom. The van der Waals surface area contributed by atoms with Crippen molar-refractivity contribution in [3.05, 3.63) is 0 Å². The van der Waals surface area contributed by atoms with Crippen LogP contribution in [-0.4, -0.2) is 50.5 Å². The molecule has 6 nitrogen and oxygen atoms in total. The van der Waals surface area contributed by atoms with Crippen LogP contribution >= 0.6 is 0 Å². The Labute approximate surface area is 88.7 Å². The first-order valence-electron chi connectivity index (χ1n) is 5.18. The van der Waals surface area contributed by atoms with Crippen molar-refractivity contribution in [2.45, 2.75) is 23.9 Å². The number of hydrogen-bond donors (Lipinski definition) is 1. The monoisotopic (exact) mass is 238 g/mol. The molecule has 0 amide bonds. The van der Waals surface area contributed by atoms with Gasteiger partial charge in [-0.1, -0.05) is 0 Å². The highest BCUT2D eigenvalue weighted by Crippen LogP contribution is 2.64. The molecule has 3 aliphatic rings. The zero-order valence-electron chi connectivity index (χ0n) is 9.04. The fraction of sp³-hybridized carbons (Fsp3) is 1.00. The van der Waals surface area contributed by atoms with E-state index < -0.39 is 34.2 Å². The topological polar surface area (TPSA) is 82.1 Å². The summed E-state index contributed by atoms with van der Waals surface area (Å²) >= 11 is 0. The first-order valence-corrected chi connectivity index (χ1v) is 6.42. The van der Waals surface area contributed by atoms with Gasteiger partial charge in [0.25, 0.3) is 10.1 Å². The Morgan fingerprint density at radius 2 is 2.47 bits per heavy atom. The smallest absolute Gasteiger partial charge is 0.264 e. The van der Waals surface area contributed by atoms with E-state index in [0.717, 1.165) is 6.26 Å². The van der Waals surface area contributed by atoms with Crippen LogP contribution in [0.15, 0.2) is 0 Å². The van der Waals surface area contributed by atoms with Gasteiger partial charge in [-0.05, 0) is 0 Å². The van der Waals surface area contributed by atoms with Gasteiger partial charge in [-0.15, -0.1) is 0 Å². The van der Waals surface area contributed by atoms with Gasteiger partial charge in [-0.3, -0.25) is 4.18 Å². The Balaban J connectivity index is 1.76. The van der Waals surface area contributed by atoms with E-state index in [1.807, 2.05) is 0 Å². The van der Waals surface area contributed by atoms with Crippen LogP contribution in [0.2, 0.25) is 0 Å². The minimum atomic E-state index is -3.54. The second-order valence-corrected chi connectivity index (χ2v) is 6.01. The van der Waals surface area contributed by atoms with Crippen molar-refractivity contribution in [2.75, 3.05) is 19.4 Å². The SMILES string of the molecule is [3H][C@@H]1O[C@@]2(COS(C)(=O)=O)CC3(O)O[C@H]1C32. The molecule has 0 aromatic carbocycles. The molecule has 2 aliphatic heterocycles. The Hall–Kier alpha value is -0.210. The molecule has 3 fully saturated rings. The lowest BCUT2D eigenvalue weighted by molar-refractivity contribution is -0.431. The molecule has 0 spiro atoms. The molecule has 0 radical (unpaired) electrons. The summed E-state index contributed by atoms with van der Waals surface area (Å²) in [6.07, 6.45) is 0.643. The molecule has 7 heteroatoms. The van der Waals surface area contributed by atoms with Gasteiger partial charge in [0.15, 0.2) is 5.79 Å². The second-order valence-electron chi connectivity index (χ2n) is 4.37. The highest BCUT2D eigenvalue weighted by Gasteiger charge is 2.79. The van der Waals surface area contributed by atoms with E-state index in [9.17, 15) is 13.5 Å². The second kappa shape index (κ2) is 2.54. The molecule has 1 saturated carbocycles. The summed E-state index contributed by atoms with van der Waals surface area (Å²) in [4.78, 5) is 0. The maximum Gasteiger partial charge on any atom is 0.264 e. The van der Waals surface area contributed by atoms with Crippen molar-refractivity contribution in [2.24, 2.45) is 5.92 Å². The molecule has 1 N–H and O–H groups in total. The maximum atomic E-state index is 10.9. The number of ether oxygens (including phenoxy) is 2. The quantitative estimate of drug-likeness (QED) is 0.624. The molecule has 3 rings (SSSR count). The van der Waals surface area contributed by atoms with Crippen LogP contribution in [0.4, 0.5) is 0 Å². The van der Waals surface area contributed by atoms with Gasteiger partial charge in [-0.2, -0.15) is 8.42 Å². The fourth-order valence-corrected chi connectivity index (χ4v) is 3.05. The third-order valence-corrected chi connectivity index (χ3v) is 3.77. The average molecular weight is 238 g/mol. The molecular weight excluding hydrogens is 224 g/mol. The van der Waals surface area contributed by atoms with Crippen molar-refractivity contribution < 1.29 is 28.6 Å². The molecule has 5 atom stereocenters. The van der Waals surface area contributed by atoms with E-state index in [1.54, 1.807) is 0 Å². The highest BCUT2D eigenvalue weighted by molar-refractivity contribution is 7.85. The molecule has 0 aromatic heterocycles. The van der Waals surface area contributed by atoms with Gasteiger partial charge >= 0.3 is 0 Å². The van der Waals surface area contributed by atoms with E-state index >= 15 is 0 Å². The summed E-state index contributed by atoms with van der Waals surface area (Å²) in [6.45, 7) is -1.04. The van der Waals surface area contributed by atoms with Crippen molar-refractivity contribution in [1.29, 1.82) is 0 Å². The van der Waals surface area contributed by atoms with Crippen LogP contribution in [0.3, 0.4) is 0 Å². The number of rotatable bonds is 3. The van der Waals surface area contributed by atoms with Gasteiger partial charge in [-0.25, -0.2) is 0 Å². The summed E-state index contributed by atoms with van der Waals surface area (Å²) in [6, 6.07) is 0. The zero-order valence-corrected chi connectivity index (χ0v) is 8.86. The molecule has 15 heavy (non-hydrogen) atoms. The minimum absolute atomic E-state index is 0.159. The molecule has 0 aromatic rings. The predicted molar refractivity (Wildman–Crippen MR) is 47.4 cm³/mol. The summed E-state index contributed by atoms with van der Waals surface area (Å²) in [7, 11) is -3.54. The fourth-order valence-electron chi connectivity index (χ4n) is 2.64. The van der Waals surface area contributed by atoms with E-state index in [-0.39, 0.29) is 18.9 Å². The van der Waals surface area contributed by atoms with Crippen molar-refractivity contribution in [1.82, 2.24) is 0 Å². The summed E-state index contributed by atoms with van der Waals surface area (Å²) < 4.78 is 44.5. The van der Waals surface area contributed by atoms with Crippen LogP contribution in [0.5, 0.6) is 0 Å². The van der Waals surface area contributed by atoms with Crippen LogP contribution < -0.4 is 0 Å². The highest BCUT2D eigenvalue weighted by atomic mass is 32.2. The lowest BCUT2D eigenvalue weighted by Gasteiger charge is -2.62. The van der Waals surface area contributed by atoms with Crippen molar-refractivity contribution in [3.63, 3.8) is 0 Å². The first-order chi connectivity index (χ1) is 7.26. The maximum absolute atomic E-state index is 10.9. The van der Waals surface area contributed by atoms with Crippen molar-refractivity contribution >= 4 is 10.1 Å². The number of hydrogen-bond acceptors (Lipinski definition) is 6. The third kappa shape index (κ3) is 1.21. The normalized spacial score (nSPS) is 57.7. The van der Waals surface area contributed by atoms with E-state index in [2.05, 4.69) is 0 Å². The molecular formula is C8H12O6S. The summed E-state index contributed by atoms with van der Waals surface area (Å²) in [5.41, 5.74) is -0.868. The van der Waals surface area contributed by atoms with Crippen LogP contribution in [0, 0.1) is 5.92 Å². The average Bonchev–Trinajstić information content (AvgIpc) is 2.19. The number of aliphatic hydroxyl groups is 1. The van der Waals surface area contributed by atoms with Gasteiger partial charge in [0, 0.05) is 6.42 Å². The summed E-state index contributed by atoms with van der Waals surface area (Å²) in [5, 5.41) is 9.77. The Kier molecular flexibility index (Phi) is 1.51. The van der Waals surface area contributed by atoms with E-state index in [1.165, 1.54) is 0 Å². The zero-order chi connectivity index (χ0) is 11.8. The van der Waals surface area contributed by atoms with Crippen LogP contribution in [0.25, 0.3) is 0 Å². The Morgan fingerprint density at radius 3 is 3.07 bits per heavy atom. The molecule has 1 aliphatic carbocycles. The Bertz CT molecular complexity index is 434. The van der Waals surface area contributed by atoms with Crippen LogP contribution in [0.1, 0.15) is 7.79 Å². The molecule has 2 unspecified atom stereocenters. The molecule has 2 saturated heterocycles. The van der Waals surface area contributed by atoms with Gasteiger partial charge < -0.3 is 14.6 Å². The van der Waals surface area contributed by atoms with E-state index in [4.69, 9.17) is 15.0 Å². The van der Waals surface area contributed by atoms with Gasteiger partial charge in [0.05, 0.1) is 32.8 Å². The molecule has 86 valence electrons. The lowest BCUT2D eigenvalue weighted by atomic mass is 9.60. The molecule has 0 bridgehead atoms. The largest absolute Gasteiger partial charge is 0.369 e. The van der Waals surface area contributed by atoms with Crippen LogP contribution in [-0.2, 0) is 23.8 Å². The minimum Gasteiger partial charge on any atom is -0.369 e. The van der Waals surface area contributed by atoms with Gasteiger partial charge in [0.2, 0.25) is 0 Å².